The molecule has 2 heteroatoms. The van der Waals surface area contributed by atoms with E-state index in [1.54, 1.807) is 0 Å². The van der Waals surface area contributed by atoms with Gasteiger partial charge in [0, 0.05) is 12.8 Å². The van der Waals surface area contributed by atoms with E-state index in [4.69, 9.17) is 9.47 Å². The lowest BCUT2D eigenvalue weighted by molar-refractivity contribution is -0.186. The molecule has 0 N–H and O–H groups in total. The first-order valence-corrected chi connectivity index (χ1v) is 6.16. The topological polar surface area (TPSA) is 18.5 Å². The van der Waals surface area contributed by atoms with E-state index in [1.165, 1.54) is 32.1 Å². The van der Waals surface area contributed by atoms with Crippen molar-refractivity contribution in [2.75, 3.05) is 13.2 Å². The molecule has 0 atom stereocenters. The second-order valence-electron chi connectivity index (χ2n) is 5.14. The minimum absolute atomic E-state index is 0.139. The molecule has 3 rings (SSSR count). The zero-order valence-corrected chi connectivity index (χ0v) is 8.84. The molecule has 1 spiro atoms. The van der Waals surface area contributed by atoms with Crippen LogP contribution < -0.4 is 0 Å². The molecule has 3 fully saturated rings. The molecule has 0 aromatic rings. The van der Waals surface area contributed by atoms with Gasteiger partial charge in [0.2, 0.25) is 0 Å². The fraction of sp³-hybridized carbons (Fsp3) is 1.00. The molecule has 1 aliphatic heterocycles. The number of hydrogen-bond donors (Lipinski definition) is 0. The quantitative estimate of drug-likeness (QED) is 0.642. The van der Waals surface area contributed by atoms with Crippen molar-refractivity contribution < 1.29 is 9.47 Å². The highest BCUT2D eigenvalue weighted by molar-refractivity contribution is 4.87. The van der Waals surface area contributed by atoms with Crippen LogP contribution in [0.5, 0.6) is 0 Å². The number of hydrogen-bond acceptors (Lipinski definition) is 2. The van der Waals surface area contributed by atoms with Crippen molar-refractivity contribution in [3.8, 4) is 0 Å². The maximum Gasteiger partial charge on any atom is 0.168 e. The van der Waals surface area contributed by atoms with Crippen LogP contribution in [-0.2, 0) is 9.47 Å². The van der Waals surface area contributed by atoms with Crippen LogP contribution in [0.15, 0.2) is 0 Å². The van der Waals surface area contributed by atoms with E-state index in [9.17, 15) is 0 Å². The summed E-state index contributed by atoms with van der Waals surface area (Å²) in [7, 11) is 0. The SMILES string of the molecule is C1CC(C2CCC3(CC2)OCCO3)C1. The maximum atomic E-state index is 5.74. The lowest BCUT2D eigenvalue weighted by atomic mass is 9.69. The van der Waals surface area contributed by atoms with Crippen LogP contribution in [0.25, 0.3) is 0 Å². The third-order valence-electron chi connectivity index (χ3n) is 4.42. The standard InChI is InChI=1S/C12H20O2/c1-2-10(3-1)11-4-6-12(7-5-11)13-8-9-14-12/h10-11H,1-9H2. The van der Waals surface area contributed by atoms with Gasteiger partial charge in [0.1, 0.15) is 0 Å². The Hall–Kier alpha value is -0.0800. The Morgan fingerprint density at radius 3 is 1.86 bits per heavy atom. The van der Waals surface area contributed by atoms with Crippen molar-refractivity contribution in [1.82, 2.24) is 0 Å². The highest BCUT2D eigenvalue weighted by atomic mass is 16.7. The summed E-state index contributed by atoms with van der Waals surface area (Å²) in [6.07, 6.45) is 9.41. The van der Waals surface area contributed by atoms with E-state index in [1.807, 2.05) is 0 Å². The molecule has 3 aliphatic rings. The summed E-state index contributed by atoms with van der Waals surface area (Å²) in [4.78, 5) is 0. The molecule has 0 aromatic heterocycles. The Bertz CT molecular complexity index is 194. The fourth-order valence-electron chi connectivity index (χ4n) is 3.25. The molecule has 0 amide bonds. The first-order valence-electron chi connectivity index (χ1n) is 6.16. The summed E-state index contributed by atoms with van der Waals surface area (Å²) in [5, 5.41) is 0. The smallest absolute Gasteiger partial charge is 0.168 e. The van der Waals surface area contributed by atoms with Gasteiger partial charge in [-0.15, -0.1) is 0 Å². The minimum atomic E-state index is -0.139. The lowest BCUT2D eigenvalue weighted by Crippen LogP contribution is -2.38. The zero-order chi connectivity index (χ0) is 9.43. The summed E-state index contributed by atoms with van der Waals surface area (Å²) in [6.45, 7) is 1.63. The van der Waals surface area contributed by atoms with Crippen molar-refractivity contribution in [2.24, 2.45) is 11.8 Å². The summed E-state index contributed by atoms with van der Waals surface area (Å²) >= 11 is 0. The fourth-order valence-corrected chi connectivity index (χ4v) is 3.25. The predicted octanol–water partition coefficient (Wildman–Crippen LogP) is 2.72. The molecule has 0 radical (unpaired) electrons. The summed E-state index contributed by atoms with van der Waals surface area (Å²) < 4.78 is 11.5. The lowest BCUT2D eigenvalue weighted by Gasteiger charge is -2.41. The molecule has 1 heterocycles. The molecule has 2 nitrogen and oxygen atoms in total. The first kappa shape index (κ1) is 9.17. The molecular formula is C12H20O2. The zero-order valence-electron chi connectivity index (χ0n) is 8.84. The molecule has 0 bridgehead atoms. The van der Waals surface area contributed by atoms with Gasteiger partial charge in [-0.2, -0.15) is 0 Å². The van der Waals surface area contributed by atoms with E-state index in [0.717, 1.165) is 37.9 Å². The average Bonchev–Trinajstić information content (AvgIpc) is 2.55. The van der Waals surface area contributed by atoms with Gasteiger partial charge < -0.3 is 9.47 Å². The third-order valence-corrected chi connectivity index (χ3v) is 4.42. The van der Waals surface area contributed by atoms with Gasteiger partial charge in [0.25, 0.3) is 0 Å². The highest BCUT2D eigenvalue weighted by Gasteiger charge is 2.42. The van der Waals surface area contributed by atoms with Crippen LogP contribution in [0, 0.1) is 11.8 Å². The largest absolute Gasteiger partial charge is 0.348 e. The Morgan fingerprint density at radius 2 is 1.36 bits per heavy atom. The van der Waals surface area contributed by atoms with E-state index < -0.39 is 0 Å². The first-order chi connectivity index (χ1) is 6.88. The molecule has 14 heavy (non-hydrogen) atoms. The maximum absolute atomic E-state index is 5.74. The molecule has 0 unspecified atom stereocenters. The number of rotatable bonds is 1. The summed E-state index contributed by atoms with van der Waals surface area (Å²) in [5.74, 6) is 1.90. The molecule has 2 aliphatic carbocycles. The van der Waals surface area contributed by atoms with Crippen molar-refractivity contribution in [2.45, 2.75) is 50.7 Å². The summed E-state index contributed by atoms with van der Waals surface area (Å²) in [5.41, 5.74) is 0. The van der Waals surface area contributed by atoms with Gasteiger partial charge in [0.05, 0.1) is 13.2 Å². The van der Waals surface area contributed by atoms with Gasteiger partial charge in [-0.25, -0.2) is 0 Å². The van der Waals surface area contributed by atoms with Gasteiger partial charge in [-0.1, -0.05) is 19.3 Å². The normalized spacial score (nSPS) is 33.4. The van der Waals surface area contributed by atoms with Gasteiger partial charge in [-0.05, 0) is 24.7 Å². The molecule has 80 valence electrons. The van der Waals surface area contributed by atoms with Crippen LogP contribution in [0.2, 0.25) is 0 Å². The Labute approximate surface area is 86.0 Å². The predicted molar refractivity (Wildman–Crippen MR) is 53.9 cm³/mol. The van der Waals surface area contributed by atoms with Gasteiger partial charge in [-0.3, -0.25) is 0 Å². The van der Waals surface area contributed by atoms with Crippen LogP contribution in [0.4, 0.5) is 0 Å². The van der Waals surface area contributed by atoms with E-state index in [0.29, 0.717) is 0 Å². The molecule has 1 saturated heterocycles. The highest BCUT2D eigenvalue weighted by Crippen LogP contribution is 2.45. The van der Waals surface area contributed by atoms with Crippen molar-refractivity contribution in [3.05, 3.63) is 0 Å². The van der Waals surface area contributed by atoms with Crippen molar-refractivity contribution >= 4 is 0 Å². The number of ether oxygens (including phenoxy) is 2. The Balaban J connectivity index is 1.55. The van der Waals surface area contributed by atoms with Gasteiger partial charge >= 0.3 is 0 Å². The van der Waals surface area contributed by atoms with Crippen LogP contribution in [0.1, 0.15) is 44.9 Å². The van der Waals surface area contributed by atoms with Crippen LogP contribution >= 0.6 is 0 Å². The summed E-state index contributed by atoms with van der Waals surface area (Å²) in [6, 6.07) is 0. The second kappa shape index (κ2) is 3.49. The molecule has 2 saturated carbocycles. The molecule has 0 aromatic carbocycles. The minimum Gasteiger partial charge on any atom is -0.348 e. The Kier molecular flexibility index (Phi) is 2.29. The average molecular weight is 196 g/mol. The molecular weight excluding hydrogens is 176 g/mol. The van der Waals surface area contributed by atoms with Gasteiger partial charge in [0.15, 0.2) is 5.79 Å². The van der Waals surface area contributed by atoms with Crippen molar-refractivity contribution in [3.63, 3.8) is 0 Å². The van der Waals surface area contributed by atoms with Crippen molar-refractivity contribution in [1.29, 1.82) is 0 Å². The second-order valence-corrected chi connectivity index (χ2v) is 5.14. The van der Waals surface area contributed by atoms with Crippen LogP contribution in [-0.4, -0.2) is 19.0 Å². The van der Waals surface area contributed by atoms with Crippen LogP contribution in [0.3, 0.4) is 0 Å². The monoisotopic (exact) mass is 196 g/mol. The third kappa shape index (κ3) is 1.49. The Morgan fingerprint density at radius 1 is 0.786 bits per heavy atom. The van der Waals surface area contributed by atoms with E-state index in [-0.39, 0.29) is 5.79 Å². The van der Waals surface area contributed by atoms with E-state index >= 15 is 0 Å². The van der Waals surface area contributed by atoms with E-state index in [2.05, 4.69) is 0 Å².